The lowest BCUT2D eigenvalue weighted by atomic mass is 10.2. The number of hydrogen-bond acceptors (Lipinski definition) is 4. The Morgan fingerprint density at radius 2 is 2.17 bits per heavy atom. The maximum Gasteiger partial charge on any atom is 0.233 e. The van der Waals surface area contributed by atoms with Gasteiger partial charge in [-0.25, -0.2) is 14.4 Å². The molecule has 3 aromatic rings. The molecule has 5 nitrogen and oxygen atoms in total. The zero-order valence-corrected chi connectivity index (χ0v) is 9.51. The third-order valence-corrected chi connectivity index (χ3v) is 2.56. The summed E-state index contributed by atoms with van der Waals surface area (Å²) in [6.07, 6.45) is 2.97. The van der Waals surface area contributed by atoms with Crippen LogP contribution in [0.4, 0.5) is 4.39 Å². The molecule has 0 atom stereocenters. The number of aryl methyl sites for hydroxylation is 1. The molecule has 0 unspecified atom stereocenters. The Morgan fingerprint density at radius 1 is 1.28 bits per heavy atom. The number of nitrogens with zero attached hydrogens (tertiary/aromatic N) is 3. The zero-order valence-electron chi connectivity index (χ0n) is 9.51. The molecule has 0 bridgehead atoms. The van der Waals surface area contributed by atoms with Gasteiger partial charge in [-0.1, -0.05) is 0 Å². The molecule has 0 spiro atoms. The molecule has 1 aromatic carbocycles. The average Bonchev–Trinajstić information content (AvgIpc) is 2.83. The summed E-state index contributed by atoms with van der Waals surface area (Å²) in [7, 11) is 0. The van der Waals surface area contributed by atoms with Crippen LogP contribution in [0.25, 0.3) is 11.0 Å². The maximum absolute atomic E-state index is 13.1. The molecule has 0 amide bonds. The van der Waals surface area contributed by atoms with Gasteiger partial charge in [0.15, 0.2) is 5.65 Å². The molecule has 0 aliphatic heterocycles. The van der Waals surface area contributed by atoms with Crippen LogP contribution in [0.1, 0.15) is 5.56 Å². The fourth-order valence-corrected chi connectivity index (χ4v) is 1.62. The molecule has 6 heteroatoms. The van der Waals surface area contributed by atoms with Crippen LogP contribution >= 0.6 is 0 Å². The van der Waals surface area contributed by atoms with E-state index in [1.54, 1.807) is 25.3 Å². The second-order valence-corrected chi connectivity index (χ2v) is 3.82. The van der Waals surface area contributed by atoms with Crippen molar-refractivity contribution in [3.05, 3.63) is 42.1 Å². The van der Waals surface area contributed by atoms with Gasteiger partial charge in [-0.05, 0) is 30.7 Å². The van der Waals surface area contributed by atoms with E-state index in [1.807, 2.05) is 0 Å². The second kappa shape index (κ2) is 4.06. The molecule has 0 aliphatic carbocycles. The van der Waals surface area contributed by atoms with E-state index in [4.69, 9.17) is 4.74 Å². The molecule has 0 fully saturated rings. The molecule has 2 heterocycles. The Bertz CT molecular complexity index is 710. The SMILES string of the molecule is Cc1cc(Oc2ncnc3[nH]ncc23)ccc1F. The summed E-state index contributed by atoms with van der Waals surface area (Å²) in [5.74, 6) is 0.647. The van der Waals surface area contributed by atoms with Crippen molar-refractivity contribution in [1.82, 2.24) is 20.2 Å². The van der Waals surface area contributed by atoms with Crippen LogP contribution < -0.4 is 4.74 Å². The average molecular weight is 244 g/mol. The van der Waals surface area contributed by atoms with Crippen molar-refractivity contribution < 1.29 is 9.13 Å². The Labute approximate surface area is 102 Å². The van der Waals surface area contributed by atoms with Gasteiger partial charge in [-0.15, -0.1) is 0 Å². The zero-order chi connectivity index (χ0) is 12.5. The number of H-pyrrole nitrogens is 1. The fourth-order valence-electron chi connectivity index (χ4n) is 1.62. The van der Waals surface area contributed by atoms with Gasteiger partial charge in [0.05, 0.1) is 6.20 Å². The minimum atomic E-state index is -0.265. The summed E-state index contributed by atoms with van der Waals surface area (Å²) in [6.45, 7) is 1.68. The van der Waals surface area contributed by atoms with Gasteiger partial charge in [0.2, 0.25) is 5.88 Å². The number of nitrogens with one attached hydrogen (secondary N) is 1. The molecule has 0 radical (unpaired) electrons. The van der Waals surface area contributed by atoms with Crippen molar-refractivity contribution in [2.24, 2.45) is 0 Å². The largest absolute Gasteiger partial charge is 0.438 e. The Morgan fingerprint density at radius 3 is 3.00 bits per heavy atom. The van der Waals surface area contributed by atoms with Crippen LogP contribution in [0.5, 0.6) is 11.6 Å². The molecule has 0 saturated carbocycles. The number of aromatic amines is 1. The minimum absolute atomic E-state index is 0.265. The number of hydrogen-bond donors (Lipinski definition) is 1. The van der Waals surface area contributed by atoms with Gasteiger partial charge in [0, 0.05) is 0 Å². The van der Waals surface area contributed by atoms with E-state index >= 15 is 0 Å². The molecule has 1 N–H and O–H groups in total. The van der Waals surface area contributed by atoms with Crippen LogP contribution in [0.15, 0.2) is 30.7 Å². The molecule has 18 heavy (non-hydrogen) atoms. The summed E-state index contributed by atoms with van der Waals surface area (Å²) >= 11 is 0. The van der Waals surface area contributed by atoms with Crippen molar-refractivity contribution in [2.45, 2.75) is 6.92 Å². The highest BCUT2D eigenvalue weighted by Crippen LogP contribution is 2.26. The topological polar surface area (TPSA) is 63.7 Å². The Balaban J connectivity index is 2.01. The first-order valence-electron chi connectivity index (χ1n) is 5.32. The van der Waals surface area contributed by atoms with Crippen molar-refractivity contribution in [2.75, 3.05) is 0 Å². The standard InChI is InChI=1S/C12H9FN4O/c1-7-4-8(2-3-10(7)13)18-12-9-5-16-17-11(9)14-6-15-12/h2-6H,1H3,(H,14,15,16,17). The fraction of sp³-hybridized carbons (Fsp3) is 0.0833. The van der Waals surface area contributed by atoms with Gasteiger partial charge in [0.1, 0.15) is 23.3 Å². The highest BCUT2D eigenvalue weighted by atomic mass is 19.1. The molecular formula is C12H9FN4O. The lowest BCUT2D eigenvalue weighted by molar-refractivity contribution is 0.465. The van der Waals surface area contributed by atoms with E-state index in [1.165, 1.54) is 12.4 Å². The van der Waals surface area contributed by atoms with Crippen molar-refractivity contribution >= 4 is 11.0 Å². The molecular weight excluding hydrogens is 235 g/mol. The third kappa shape index (κ3) is 1.77. The van der Waals surface area contributed by atoms with Crippen LogP contribution in [0.3, 0.4) is 0 Å². The first-order valence-corrected chi connectivity index (χ1v) is 5.32. The summed E-state index contributed by atoms with van der Waals surface area (Å²) < 4.78 is 18.8. The van der Waals surface area contributed by atoms with E-state index in [2.05, 4.69) is 20.2 Å². The van der Waals surface area contributed by atoms with Gasteiger partial charge in [-0.3, -0.25) is 5.10 Å². The number of benzene rings is 1. The molecule has 2 aromatic heterocycles. The van der Waals surface area contributed by atoms with Gasteiger partial charge in [-0.2, -0.15) is 5.10 Å². The first kappa shape index (κ1) is 10.6. The van der Waals surface area contributed by atoms with Crippen molar-refractivity contribution in [1.29, 1.82) is 0 Å². The predicted molar refractivity (Wildman–Crippen MR) is 62.9 cm³/mol. The van der Waals surface area contributed by atoms with Crippen LogP contribution in [-0.4, -0.2) is 20.2 Å². The quantitative estimate of drug-likeness (QED) is 0.752. The maximum atomic E-state index is 13.1. The van der Waals surface area contributed by atoms with E-state index in [0.29, 0.717) is 28.2 Å². The van der Waals surface area contributed by atoms with Crippen molar-refractivity contribution in [3.63, 3.8) is 0 Å². The van der Waals surface area contributed by atoms with Gasteiger partial charge in [0.25, 0.3) is 0 Å². The summed E-state index contributed by atoms with van der Waals surface area (Å²) in [5.41, 5.74) is 1.11. The van der Waals surface area contributed by atoms with E-state index in [-0.39, 0.29) is 5.82 Å². The Kier molecular flexibility index (Phi) is 2.40. The summed E-state index contributed by atoms with van der Waals surface area (Å²) in [5, 5.41) is 7.27. The van der Waals surface area contributed by atoms with Gasteiger partial charge < -0.3 is 4.74 Å². The number of aromatic nitrogens is 4. The van der Waals surface area contributed by atoms with Crippen LogP contribution in [0, 0.1) is 12.7 Å². The molecule has 0 aliphatic rings. The highest BCUT2D eigenvalue weighted by Gasteiger charge is 2.08. The molecule has 0 saturated heterocycles. The van der Waals surface area contributed by atoms with Crippen LogP contribution in [0.2, 0.25) is 0 Å². The summed E-state index contributed by atoms with van der Waals surface area (Å²) in [4.78, 5) is 8.05. The minimum Gasteiger partial charge on any atom is -0.438 e. The van der Waals surface area contributed by atoms with E-state index < -0.39 is 0 Å². The van der Waals surface area contributed by atoms with Gasteiger partial charge >= 0.3 is 0 Å². The number of fused-ring (bicyclic) bond motifs is 1. The number of rotatable bonds is 2. The van der Waals surface area contributed by atoms with Crippen molar-refractivity contribution in [3.8, 4) is 11.6 Å². The predicted octanol–water partition coefficient (Wildman–Crippen LogP) is 2.59. The normalized spacial score (nSPS) is 10.8. The number of halogens is 1. The summed E-state index contributed by atoms with van der Waals surface area (Å²) in [6, 6.07) is 4.53. The number of ether oxygens (including phenoxy) is 1. The van der Waals surface area contributed by atoms with E-state index in [9.17, 15) is 4.39 Å². The van der Waals surface area contributed by atoms with E-state index in [0.717, 1.165) is 0 Å². The molecule has 3 rings (SSSR count). The smallest absolute Gasteiger partial charge is 0.233 e. The lowest BCUT2D eigenvalue weighted by Gasteiger charge is -2.06. The first-order chi connectivity index (χ1) is 8.74. The lowest BCUT2D eigenvalue weighted by Crippen LogP contribution is -1.91. The second-order valence-electron chi connectivity index (χ2n) is 3.82. The van der Waals surface area contributed by atoms with Crippen LogP contribution in [-0.2, 0) is 0 Å². The Hall–Kier alpha value is -2.50. The molecule has 90 valence electrons. The third-order valence-electron chi connectivity index (χ3n) is 2.56. The monoisotopic (exact) mass is 244 g/mol. The highest BCUT2D eigenvalue weighted by molar-refractivity contribution is 5.79.